The average molecular weight is 247 g/mol. The zero-order valence-electron chi connectivity index (χ0n) is 11.1. The van der Waals surface area contributed by atoms with Crippen molar-refractivity contribution in [1.29, 1.82) is 0 Å². The number of rotatable bonds is 3. The van der Waals surface area contributed by atoms with Gasteiger partial charge in [-0.05, 0) is 30.4 Å². The molecule has 1 fully saturated rings. The Balaban J connectivity index is 2.07. The van der Waals surface area contributed by atoms with Gasteiger partial charge in [0, 0.05) is 6.54 Å². The van der Waals surface area contributed by atoms with Crippen LogP contribution in [0, 0.1) is 12.8 Å². The number of aryl methyl sites for hydroxylation is 1. The summed E-state index contributed by atoms with van der Waals surface area (Å²) in [6.45, 7) is 4.97. The van der Waals surface area contributed by atoms with Crippen LogP contribution in [0.4, 0.5) is 0 Å². The van der Waals surface area contributed by atoms with Crippen molar-refractivity contribution in [2.75, 3.05) is 13.2 Å². The monoisotopic (exact) mass is 247 g/mol. The van der Waals surface area contributed by atoms with Crippen molar-refractivity contribution in [3.05, 3.63) is 35.4 Å². The Morgan fingerprint density at radius 1 is 1.44 bits per heavy atom. The van der Waals surface area contributed by atoms with Crippen molar-refractivity contribution in [2.45, 2.75) is 32.7 Å². The van der Waals surface area contributed by atoms with E-state index in [1.165, 1.54) is 0 Å². The van der Waals surface area contributed by atoms with Crippen molar-refractivity contribution in [2.24, 2.45) is 5.92 Å². The van der Waals surface area contributed by atoms with Crippen LogP contribution >= 0.6 is 0 Å². The van der Waals surface area contributed by atoms with Gasteiger partial charge < -0.3 is 10.0 Å². The predicted molar refractivity (Wildman–Crippen MR) is 71.3 cm³/mol. The molecule has 1 aromatic rings. The molecule has 1 heterocycles. The average Bonchev–Trinajstić information content (AvgIpc) is 2.73. The molecule has 1 aliphatic rings. The third kappa shape index (κ3) is 2.56. The van der Waals surface area contributed by atoms with Crippen LogP contribution in [0.1, 0.15) is 24.5 Å². The molecule has 1 aromatic carbocycles. The van der Waals surface area contributed by atoms with Crippen LogP contribution < -0.4 is 0 Å². The van der Waals surface area contributed by atoms with E-state index >= 15 is 0 Å². The maximum absolute atomic E-state index is 12.3. The maximum atomic E-state index is 12.3. The molecule has 2 atom stereocenters. The first-order chi connectivity index (χ1) is 8.63. The van der Waals surface area contributed by atoms with Gasteiger partial charge in [0.2, 0.25) is 5.91 Å². The lowest BCUT2D eigenvalue weighted by atomic mass is 10.0. The van der Waals surface area contributed by atoms with Gasteiger partial charge in [-0.1, -0.05) is 31.2 Å². The highest BCUT2D eigenvalue weighted by Crippen LogP contribution is 2.24. The smallest absolute Gasteiger partial charge is 0.227 e. The van der Waals surface area contributed by atoms with E-state index in [0.717, 1.165) is 24.1 Å². The summed E-state index contributed by atoms with van der Waals surface area (Å²) in [5.41, 5.74) is 2.23. The van der Waals surface area contributed by atoms with Gasteiger partial charge in [-0.3, -0.25) is 4.79 Å². The molecule has 2 unspecified atom stereocenters. The highest BCUT2D eigenvalue weighted by molar-refractivity contribution is 5.79. The van der Waals surface area contributed by atoms with Crippen LogP contribution in [0.3, 0.4) is 0 Å². The molecule has 1 aliphatic heterocycles. The highest BCUT2D eigenvalue weighted by atomic mass is 16.3. The second-order valence-corrected chi connectivity index (χ2v) is 5.21. The van der Waals surface area contributed by atoms with Gasteiger partial charge in [-0.2, -0.15) is 0 Å². The Kier molecular flexibility index (Phi) is 4.02. The van der Waals surface area contributed by atoms with Gasteiger partial charge in [0.25, 0.3) is 0 Å². The number of carbonyl (C=O) groups is 1. The summed E-state index contributed by atoms with van der Waals surface area (Å²) in [6, 6.07) is 7.98. The highest BCUT2D eigenvalue weighted by Gasteiger charge is 2.33. The number of aliphatic hydroxyl groups is 1. The second kappa shape index (κ2) is 5.53. The second-order valence-electron chi connectivity index (χ2n) is 5.21. The number of hydrogen-bond acceptors (Lipinski definition) is 2. The van der Waals surface area contributed by atoms with Crippen molar-refractivity contribution in [3.8, 4) is 0 Å². The lowest BCUT2D eigenvalue weighted by Crippen LogP contribution is -2.40. The van der Waals surface area contributed by atoms with E-state index < -0.39 is 0 Å². The van der Waals surface area contributed by atoms with E-state index in [1.54, 1.807) is 0 Å². The van der Waals surface area contributed by atoms with Crippen molar-refractivity contribution in [3.63, 3.8) is 0 Å². The van der Waals surface area contributed by atoms with E-state index in [-0.39, 0.29) is 18.6 Å². The number of carbonyl (C=O) groups excluding carboxylic acids is 1. The maximum Gasteiger partial charge on any atom is 0.227 e. The zero-order chi connectivity index (χ0) is 13.1. The van der Waals surface area contributed by atoms with E-state index in [9.17, 15) is 9.90 Å². The quantitative estimate of drug-likeness (QED) is 0.884. The molecule has 1 amide bonds. The lowest BCUT2D eigenvalue weighted by Gasteiger charge is -2.25. The Morgan fingerprint density at radius 3 is 2.83 bits per heavy atom. The minimum atomic E-state index is 0.00141. The third-order valence-corrected chi connectivity index (χ3v) is 3.99. The molecular formula is C15H21NO2. The van der Waals surface area contributed by atoms with E-state index in [0.29, 0.717) is 12.3 Å². The molecule has 0 spiro atoms. The molecule has 98 valence electrons. The van der Waals surface area contributed by atoms with Gasteiger partial charge in [-0.25, -0.2) is 0 Å². The van der Waals surface area contributed by atoms with Crippen LogP contribution in [-0.4, -0.2) is 35.1 Å². The van der Waals surface area contributed by atoms with Gasteiger partial charge in [0.05, 0.1) is 19.1 Å². The normalized spacial score (nSPS) is 23.4. The molecule has 1 N–H and O–H groups in total. The van der Waals surface area contributed by atoms with Crippen LogP contribution in [0.25, 0.3) is 0 Å². The molecule has 2 rings (SSSR count). The predicted octanol–water partition coefficient (Wildman–Crippen LogP) is 1.77. The number of amides is 1. The SMILES string of the molecule is Cc1ccccc1CC(=O)N1CCC(C)C1CO. The topological polar surface area (TPSA) is 40.5 Å². The fourth-order valence-corrected chi connectivity index (χ4v) is 2.67. The van der Waals surface area contributed by atoms with Crippen LogP contribution in [-0.2, 0) is 11.2 Å². The van der Waals surface area contributed by atoms with Crippen LogP contribution in [0.2, 0.25) is 0 Å². The molecule has 1 saturated heterocycles. The number of benzene rings is 1. The van der Waals surface area contributed by atoms with Crippen LogP contribution in [0.5, 0.6) is 0 Å². The molecule has 0 saturated carbocycles. The van der Waals surface area contributed by atoms with Crippen molar-refractivity contribution >= 4 is 5.91 Å². The van der Waals surface area contributed by atoms with E-state index in [4.69, 9.17) is 0 Å². The Bertz CT molecular complexity index is 430. The Morgan fingerprint density at radius 2 is 2.17 bits per heavy atom. The first-order valence-corrected chi connectivity index (χ1v) is 6.58. The zero-order valence-corrected chi connectivity index (χ0v) is 11.1. The molecule has 0 radical (unpaired) electrons. The fourth-order valence-electron chi connectivity index (χ4n) is 2.67. The first-order valence-electron chi connectivity index (χ1n) is 6.58. The van der Waals surface area contributed by atoms with E-state index in [1.807, 2.05) is 36.1 Å². The minimum absolute atomic E-state index is 0.00141. The summed E-state index contributed by atoms with van der Waals surface area (Å²) in [4.78, 5) is 14.1. The molecule has 0 bridgehead atoms. The summed E-state index contributed by atoms with van der Waals surface area (Å²) in [5, 5.41) is 9.38. The molecular weight excluding hydrogens is 226 g/mol. The van der Waals surface area contributed by atoms with Gasteiger partial charge in [0.1, 0.15) is 0 Å². The number of nitrogens with zero attached hydrogens (tertiary/aromatic N) is 1. The van der Waals surface area contributed by atoms with Crippen LogP contribution in [0.15, 0.2) is 24.3 Å². The van der Waals surface area contributed by atoms with Crippen molar-refractivity contribution < 1.29 is 9.90 Å². The van der Waals surface area contributed by atoms with Gasteiger partial charge in [0.15, 0.2) is 0 Å². The summed E-state index contributed by atoms with van der Waals surface area (Å²) < 4.78 is 0. The van der Waals surface area contributed by atoms with Crippen molar-refractivity contribution in [1.82, 2.24) is 4.90 Å². The third-order valence-electron chi connectivity index (χ3n) is 3.99. The Hall–Kier alpha value is -1.35. The molecule has 0 aliphatic carbocycles. The number of hydrogen-bond donors (Lipinski definition) is 1. The number of aliphatic hydroxyl groups excluding tert-OH is 1. The van der Waals surface area contributed by atoms with Gasteiger partial charge >= 0.3 is 0 Å². The summed E-state index contributed by atoms with van der Waals surface area (Å²) in [7, 11) is 0. The summed E-state index contributed by atoms with van der Waals surface area (Å²) in [6.07, 6.45) is 1.43. The van der Waals surface area contributed by atoms with Gasteiger partial charge in [-0.15, -0.1) is 0 Å². The first kappa shape index (κ1) is 13.1. The molecule has 0 aromatic heterocycles. The lowest BCUT2D eigenvalue weighted by molar-refractivity contribution is -0.132. The summed E-state index contributed by atoms with van der Waals surface area (Å²) >= 11 is 0. The number of likely N-dealkylation sites (tertiary alicyclic amines) is 1. The standard InChI is InChI=1S/C15H21NO2/c1-11-5-3-4-6-13(11)9-15(18)16-8-7-12(2)14(16)10-17/h3-6,12,14,17H,7-10H2,1-2H3. The molecule has 18 heavy (non-hydrogen) atoms. The largest absolute Gasteiger partial charge is 0.394 e. The molecule has 3 heteroatoms. The minimum Gasteiger partial charge on any atom is -0.394 e. The summed E-state index contributed by atoms with van der Waals surface area (Å²) in [5.74, 6) is 0.531. The fraction of sp³-hybridized carbons (Fsp3) is 0.533. The Labute approximate surface area is 108 Å². The molecule has 3 nitrogen and oxygen atoms in total. The van der Waals surface area contributed by atoms with E-state index in [2.05, 4.69) is 6.92 Å².